The van der Waals surface area contributed by atoms with E-state index in [1.165, 1.54) is 23.2 Å². The van der Waals surface area contributed by atoms with Crippen LogP contribution in [0.1, 0.15) is 30.4 Å². The van der Waals surface area contributed by atoms with E-state index < -0.39 is 0 Å². The predicted octanol–water partition coefficient (Wildman–Crippen LogP) is 3.41. The maximum atomic E-state index is 9.16. The van der Waals surface area contributed by atoms with E-state index in [0.717, 1.165) is 19.4 Å². The fourth-order valence-corrected chi connectivity index (χ4v) is 2.28. The summed E-state index contributed by atoms with van der Waals surface area (Å²) in [6.07, 6.45) is 3.28. The Hall–Kier alpha value is -1.49. The monoisotopic (exact) mass is 214 g/mol. The summed E-state index contributed by atoms with van der Waals surface area (Å²) >= 11 is 0. The smallest absolute Gasteiger partial charge is 0.0746 e. The first-order valence-corrected chi connectivity index (χ1v) is 5.88. The predicted molar refractivity (Wildman–Crippen MR) is 66.3 cm³/mol. The van der Waals surface area contributed by atoms with Crippen molar-refractivity contribution >= 4 is 5.69 Å². The average molecular weight is 214 g/mol. The van der Waals surface area contributed by atoms with Crippen molar-refractivity contribution in [1.82, 2.24) is 0 Å². The fourth-order valence-electron chi connectivity index (χ4n) is 2.28. The summed E-state index contributed by atoms with van der Waals surface area (Å²) in [6, 6.07) is 8.74. The van der Waals surface area contributed by atoms with Gasteiger partial charge in [0.1, 0.15) is 0 Å². The van der Waals surface area contributed by atoms with Crippen LogP contribution in [0.15, 0.2) is 18.2 Å². The highest BCUT2D eigenvalue weighted by Crippen LogP contribution is 2.40. The summed E-state index contributed by atoms with van der Waals surface area (Å²) in [5, 5.41) is 12.6. The number of hydrogen-bond donors (Lipinski definition) is 1. The van der Waals surface area contributed by atoms with E-state index in [-0.39, 0.29) is 5.41 Å². The Kier molecular flexibility index (Phi) is 2.87. The van der Waals surface area contributed by atoms with Gasteiger partial charge in [-0.15, -0.1) is 0 Å². The molecule has 1 fully saturated rings. The number of rotatable bonds is 3. The molecule has 0 aliphatic heterocycles. The highest BCUT2D eigenvalue weighted by molar-refractivity contribution is 5.56. The topological polar surface area (TPSA) is 35.8 Å². The summed E-state index contributed by atoms with van der Waals surface area (Å²) in [5.41, 5.74) is 3.61. The van der Waals surface area contributed by atoms with E-state index in [2.05, 4.69) is 43.4 Å². The Morgan fingerprint density at radius 2 is 1.94 bits per heavy atom. The number of nitriles is 1. The third kappa shape index (κ3) is 1.90. The minimum Gasteiger partial charge on any atom is -0.383 e. The number of nitrogens with one attached hydrogen (secondary N) is 1. The van der Waals surface area contributed by atoms with Crippen molar-refractivity contribution in [3.63, 3.8) is 0 Å². The Bertz CT molecular complexity index is 405. The Morgan fingerprint density at radius 3 is 2.38 bits per heavy atom. The molecule has 1 aliphatic rings. The summed E-state index contributed by atoms with van der Waals surface area (Å²) in [5.74, 6) is 0. The van der Waals surface area contributed by atoms with Crippen LogP contribution in [0.5, 0.6) is 0 Å². The molecular weight excluding hydrogens is 196 g/mol. The molecule has 2 rings (SSSR count). The molecule has 2 heteroatoms. The van der Waals surface area contributed by atoms with Crippen molar-refractivity contribution in [1.29, 1.82) is 5.26 Å². The van der Waals surface area contributed by atoms with Gasteiger partial charge in [-0.25, -0.2) is 0 Å². The highest BCUT2D eigenvalue weighted by Gasteiger charge is 2.36. The molecule has 0 atom stereocenters. The van der Waals surface area contributed by atoms with Crippen molar-refractivity contribution in [2.75, 3.05) is 11.9 Å². The highest BCUT2D eigenvalue weighted by atomic mass is 14.9. The largest absolute Gasteiger partial charge is 0.383 e. The molecule has 0 bridgehead atoms. The van der Waals surface area contributed by atoms with E-state index in [1.54, 1.807) is 0 Å². The maximum absolute atomic E-state index is 9.16. The zero-order valence-corrected chi connectivity index (χ0v) is 10.0. The number of nitrogens with zero attached hydrogens (tertiary/aromatic N) is 1. The van der Waals surface area contributed by atoms with Gasteiger partial charge in [0, 0.05) is 12.2 Å². The van der Waals surface area contributed by atoms with Crippen LogP contribution in [0, 0.1) is 30.6 Å². The fraction of sp³-hybridized carbons (Fsp3) is 0.500. The van der Waals surface area contributed by atoms with Gasteiger partial charge in [0.2, 0.25) is 0 Å². The quantitative estimate of drug-likeness (QED) is 0.837. The van der Waals surface area contributed by atoms with Crippen LogP contribution in [-0.4, -0.2) is 6.54 Å². The van der Waals surface area contributed by atoms with Crippen LogP contribution in [0.2, 0.25) is 0 Å². The molecule has 0 radical (unpaired) electrons. The number of aryl methyl sites for hydroxylation is 2. The van der Waals surface area contributed by atoms with Crippen LogP contribution >= 0.6 is 0 Å². The maximum Gasteiger partial charge on any atom is 0.0746 e. The normalized spacial score (nSPS) is 17.3. The lowest BCUT2D eigenvalue weighted by molar-refractivity contribution is 0.233. The van der Waals surface area contributed by atoms with E-state index in [1.807, 2.05) is 0 Å². The van der Waals surface area contributed by atoms with Crippen LogP contribution < -0.4 is 5.32 Å². The summed E-state index contributed by atoms with van der Waals surface area (Å²) in [7, 11) is 0. The minimum atomic E-state index is -0.102. The molecule has 16 heavy (non-hydrogen) atoms. The zero-order chi connectivity index (χ0) is 11.6. The van der Waals surface area contributed by atoms with Crippen LogP contribution in [0.4, 0.5) is 5.69 Å². The molecule has 0 spiro atoms. The van der Waals surface area contributed by atoms with Gasteiger partial charge in [-0.1, -0.05) is 24.6 Å². The van der Waals surface area contributed by atoms with Gasteiger partial charge in [0.25, 0.3) is 0 Å². The van der Waals surface area contributed by atoms with Gasteiger partial charge in [0.05, 0.1) is 11.5 Å². The third-order valence-electron chi connectivity index (χ3n) is 3.63. The Labute approximate surface area is 97.3 Å². The molecule has 0 heterocycles. The number of para-hydroxylation sites is 1. The molecule has 1 aromatic rings. The summed E-state index contributed by atoms with van der Waals surface area (Å²) < 4.78 is 0. The van der Waals surface area contributed by atoms with E-state index >= 15 is 0 Å². The van der Waals surface area contributed by atoms with E-state index in [9.17, 15) is 0 Å². The van der Waals surface area contributed by atoms with Crippen molar-refractivity contribution in [2.24, 2.45) is 5.41 Å². The Balaban J connectivity index is 2.08. The van der Waals surface area contributed by atoms with Gasteiger partial charge < -0.3 is 5.32 Å². The summed E-state index contributed by atoms with van der Waals surface area (Å²) in [6.45, 7) is 5.00. The standard InChI is InChI=1S/C14H18N2/c1-11-5-3-6-12(2)13(11)16-10-14(9-15)7-4-8-14/h3,5-6,16H,4,7-8,10H2,1-2H3. The molecule has 2 nitrogen and oxygen atoms in total. The minimum absolute atomic E-state index is 0.102. The van der Waals surface area contributed by atoms with Crippen LogP contribution in [0.3, 0.4) is 0 Å². The van der Waals surface area contributed by atoms with Crippen molar-refractivity contribution in [2.45, 2.75) is 33.1 Å². The van der Waals surface area contributed by atoms with Crippen molar-refractivity contribution < 1.29 is 0 Å². The average Bonchev–Trinajstić information content (AvgIpc) is 2.20. The molecular formula is C14H18N2. The number of benzene rings is 1. The molecule has 1 aromatic carbocycles. The molecule has 1 aliphatic carbocycles. The molecule has 0 aromatic heterocycles. The lowest BCUT2D eigenvalue weighted by atomic mass is 9.70. The molecule has 1 N–H and O–H groups in total. The second-order valence-corrected chi connectivity index (χ2v) is 4.87. The van der Waals surface area contributed by atoms with Gasteiger partial charge >= 0.3 is 0 Å². The zero-order valence-electron chi connectivity index (χ0n) is 10.0. The first-order chi connectivity index (χ1) is 7.67. The number of hydrogen-bond acceptors (Lipinski definition) is 2. The molecule has 0 unspecified atom stereocenters. The number of anilines is 1. The van der Waals surface area contributed by atoms with Crippen LogP contribution in [0.25, 0.3) is 0 Å². The first-order valence-electron chi connectivity index (χ1n) is 5.88. The van der Waals surface area contributed by atoms with Crippen LogP contribution in [-0.2, 0) is 0 Å². The van der Waals surface area contributed by atoms with Gasteiger partial charge in [-0.05, 0) is 37.8 Å². The lowest BCUT2D eigenvalue weighted by Gasteiger charge is -2.35. The van der Waals surface area contributed by atoms with E-state index in [0.29, 0.717) is 0 Å². The second kappa shape index (κ2) is 4.17. The molecule has 1 saturated carbocycles. The molecule has 0 saturated heterocycles. The molecule has 0 amide bonds. The van der Waals surface area contributed by atoms with Crippen molar-refractivity contribution in [3.8, 4) is 6.07 Å². The Morgan fingerprint density at radius 1 is 1.31 bits per heavy atom. The lowest BCUT2D eigenvalue weighted by Crippen LogP contribution is -2.35. The SMILES string of the molecule is Cc1cccc(C)c1NCC1(C#N)CCC1. The van der Waals surface area contributed by atoms with Gasteiger partial charge in [-0.2, -0.15) is 5.26 Å². The summed E-state index contributed by atoms with van der Waals surface area (Å²) in [4.78, 5) is 0. The van der Waals surface area contributed by atoms with E-state index in [4.69, 9.17) is 5.26 Å². The third-order valence-corrected chi connectivity index (χ3v) is 3.63. The van der Waals surface area contributed by atoms with Gasteiger partial charge in [0.15, 0.2) is 0 Å². The molecule has 84 valence electrons. The first kappa shape index (κ1) is 11.0. The van der Waals surface area contributed by atoms with Gasteiger partial charge in [-0.3, -0.25) is 0 Å². The second-order valence-electron chi connectivity index (χ2n) is 4.87. The van der Waals surface area contributed by atoms with Crippen molar-refractivity contribution in [3.05, 3.63) is 29.3 Å².